The van der Waals surface area contributed by atoms with Crippen LogP contribution in [-0.2, 0) is 9.53 Å². The number of amides is 1. The number of Topliss-reactive ketones (excluding diaryl/α,β-unsaturated/α-hetero) is 1. The monoisotopic (exact) mass is 287 g/mol. The first-order valence-corrected chi connectivity index (χ1v) is 6.14. The lowest BCUT2D eigenvalue weighted by molar-refractivity contribution is -0.125. The van der Waals surface area contributed by atoms with E-state index < -0.39 is 0 Å². The molecular weight excluding hydrogens is 277 g/mol. The molecule has 0 bridgehead atoms. The summed E-state index contributed by atoms with van der Waals surface area (Å²) < 4.78 is 5.04. The maximum atomic E-state index is 11.7. The highest BCUT2D eigenvalue weighted by Gasteiger charge is 2.25. The van der Waals surface area contributed by atoms with Crippen LogP contribution >= 0.6 is 23.2 Å². The highest BCUT2D eigenvalue weighted by atomic mass is 35.5. The molecule has 0 aliphatic carbocycles. The Morgan fingerprint density at radius 3 is 2.44 bits per heavy atom. The van der Waals surface area contributed by atoms with Crippen LogP contribution in [0.5, 0.6) is 0 Å². The Kier molecular flexibility index (Phi) is 3.90. The number of ketones is 1. The number of hydrogen-bond donors (Lipinski definition) is 0. The largest absolute Gasteiger partial charge is 0.370 e. The summed E-state index contributed by atoms with van der Waals surface area (Å²) in [5.74, 6) is -0.320. The topological polar surface area (TPSA) is 46.6 Å². The molecule has 1 heterocycles. The van der Waals surface area contributed by atoms with E-state index in [9.17, 15) is 9.59 Å². The molecular formula is C12H11Cl2NO3. The molecule has 1 saturated heterocycles. The minimum atomic E-state index is -0.194. The average Bonchev–Trinajstić information content (AvgIpc) is 2.30. The number of ether oxygens (including phenoxy) is 1. The highest BCUT2D eigenvalue weighted by molar-refractivity contribution is 6.40. The molecule has 4 nitrogen and oxygen atoms in total. The summed E-state index contributed by atoms with van der Waals surface area (Å²) in [5.41, 5.74) is 0.867. The summed E-state index contributed by atoms with van der Waals surface area (Å²) in [6, 6.07) is 3.04. The van der Waals surface area contributed by atoms with Crippen LogP contribution in [0.4, 0.5) is 5.69 Å². The van der Waals surface area contributed by atoms with Crippen LogP contribution in [0, 0.1) is 0 Å². The molecule has 0 N–H and O–H groups in total. The second-order valence-corrected chi connectivity index (χ2v) is 4.76. The molecule has 1 fully saturated rings. The first kappa shape index (κ1) is 13.3. The number of benzene rings is 1. The second-order valence-electron chi connectivity index (χ2n) is 3.94. The maximum absolute atomic E-state index is 11.7. The van der Waals surface area contributed by atoms with Gasteiger partial charge in [-0.15, -0.1) is 0 Å². The first-order valence-electron chi connectivity index (χ1n) is 5.39. The third kappa shape index (κ3) is 2.51. The van der Waals surface area contributed by atoms with Gasteiger partial charge in [-0.3, -0.25) is 9.59 Å². The molecule has 0 spiro atoms. The van der Waals surface area contributed by atoms with E-state index in [2.05, 4.69) is 0 Å². The summed E-state index contributed by atoms with van der Waals surface area (Å²) in [7, 11) is 0. The molecule has 0 aromatic heterocycles. The van der Waals surface area contributed by atoms with Crippen molar-refractivity contribution in [1.29, 1.82) is 0 Å². The van der Waals surface area contributed by atoms with Crippen molar-refractivity contribution in [3.8, 4) is 0 Å². The smallest absolute Gasteiger partial charge is 0.253 e. The summed E-state index contributed by atoms with van der Waals surface area (Å²) in [6.45, 7) is 2.28. The molecule has 18 heavy (non-hydrogen) atoms. The fourth-order valence-electron chi connectivity index (χ4n) is 1.78. The number of halogens is 2. The van der Waals surface area contributed by atoms with Gasteiger partial charge in [-0.25, -0.2) is 0 Å². The van der Waals surface area contributed by atoms with Crippen LogP contribution in [-0.4, -0.2) is 31.4 Å². The quantitative estimate of drug-likeness (QED) is 0.786. The molecule has 6 heteroatoms. The number of morpholine rings is 1. The SMILES string of the molecule is CC(=O)c1cc(Cl)c(N2CCOCC2=O)c(Cl)c1. The van der Waals surface area contributed by atoms with Gasteiger partial charge in [0.25, 0.3) is 5.91 Å². The van der Waals surface area contributed by atoms with E-state index in [-0.39, 0.29) is 18.3 Å². The van der Waals surface area contributed by atoms with Crippen molar-refractivity contribution in [2.45, 2.75) is 6.92 Å². The van der Waals surface area contributed by atoms with Gasteiger partial charge >= 0.3 is 0 Å². The Labute approximate surface area is 114 Å². The van der Waals surface area contributed by atoms with Crippen LogP contribution < -0.4 is 4.90 Å². The Bertz CT molecular complexity index is 493. The van der Waals surface area contributed by atoms with Gasteiger partial charge in [0, 0.05) is 12.1 Å². The number of anilines is 1. The zero-order valence-corrected chi connectivity index (χ0v) is 11.2. The van der Waals surface area contributed by atoms with Crippen molar-refractivity contribution in [2.24, 2.45) is 0 Å². The van der Waals surface area contributed by atoms with Crippen LogP contribution in [0.25, 0.3) is 0 Å². The molecule has 0 atom stereocenters. The van der Waals surface area contributed by atoms with E-state index >= 15 is 0 Å². The van der Waals surface area contributed by atoms with Crippen LogP contribution in [0.3, 0.4) is 0 Å². The van der Waals surface area contributed by atoms with E-state index in [0.29, 0.717) is 34.4 Å². The zero-order chi connectivity index (χ0) is 13.3. The van der Waals surface area contributed by atoms with Gasteiger partial charge in [-0.2, -0.15) is 0 Å². The minimum absolute atomic E-state index is 0.0150. The molecule has 0 unspecified atom stereocenters. The number of rotatable bonds is 2. The van der Waals surface area contributed by atoms with E-state index in [1.54, 1.807) is 0 Å². The zero-order valence-electron chi connectivity index (χ0n) is 9.70. The molecule has 1 aliphatic heterocycles. The predicted molar refractivity (Wildman–Crippen MR) is 69.6 cm³/mol. The van der Waals surface area contributed by atoms with Gasteiger partial charge in [-0.05, 0) is 19.1 Å². The predicted octanol–water partition coefficient (Wildman–Crippen LogP) is 2.56. The Morgan fingerprint density at radius 2 is 1.94 bits per heavy atom. The standard InChI is InChI=1S/C12H11Cl2NO3/c1-7(16)8-4-9(13)12(10(14)5-8)15-2-3-18-6-11(15)17/h4-5H,2-3,6H2,1H3. The van der Waals surface area contributed by atoms with E-state index in [4.69, 9.17) is 27.9 Å². The molecule has 0 saturated carbocycles. The van der Waals surface area contributed by atoms with Gasteiger partial charge in [0.2, 0.25) is 0 Å². The molecule has 1 amide bonds. The Balaban J connectivity index is 2.44. The van der Waals surface area contributed by atoms with Crippen molar-refractivity contribution in [1.82, 2.24) is 0 Å². The molecule has 0 radical (unpaired) electrons. The second kappa shape index (κ2) is 5.26. The fourth-order valence-corrected chi connectivity index (χ4v) is 2.47. The van der Waals surface area contributed by atoms with Crippen LogP contribution in [0.15, 0.2) is 12.1 Å². The van der Waals surface area contributed by atoms with Crippen molar-refractivity contribution in [2.75, 3.05) is 24.7 Å². The normalized spacial score (nSPS) is 15.9. The lowest BCUT2D eigenvalue weighted by atomic mass is 10.1. The summed E-state index contributed by atoms with van der Waals surface area (Å²) in [5, 5.41) is 0.589. The first-order chi connectivity index (χ1) is 8.50. The van der Waals surface area contributed by atoms with Gasteiger partial charge in [0.1, 0.15) is 6.61 Å². The molecule has 1 aromatic rings. The van der Waals surface area contributed by atoms with E-state index in [1.165, 1.54) is 24.0 Å². The lowest BCUT2D eigenvalue weighted by Crippen LogP contribution is -2.42. The number of nitrogens with zero attached hydrogens (tertiary/aromatic N) is 1. The van der Waals surface area contributed by atoms with E-state index in [0.717, 1.165) is 0 Å². The fraction of sp³-hybridized carbons (Fsp3) is 0.333. The van der Waals surface area contributed by atoms with Gasteiger partial charge in [0.05, 0.1) is 22.3 Å². The third-order valence-corrected chi connectivity index (χ3v) is 3.26. The Morgan fingerprint density at radius 1 is 1.33 bits per heavy atom. The summed E-state index contributed by atoms with van der Waals surface area (Å²) in [4.78, 5) is 24.5. The molecule has 1 aromatic carbocycles. The Hall–Kier alpha value is -1.10. The molecule has 2 rings (SSSR count). The van der Waals surface area contributed by atoms with Gasteiger partial charge < -0.3 is 9.64 Å². The highest BCUT2D eigenvalue weighted by Crippen LogP contribution is 2.35. The third-order valence-electron chi connectivity index (χ3n) is 2.68. The van der Waals surface area contributed by atoms with Crippen molar-refractivity contribution >= 4 is 40.6 Å². The maximum Gasteiger partial charge on any atom is 0.253 e. The summed E-state index contributed by atoms with van der Waals surface area (Å²) >= 11 is 12.2. The molecule has 1 aliphatic rings. The minimum Gasteiger partial charge on any atom is -0.370 e. The van der Waals surface area contributed by atoms with Gasteiger partial charge in [-0.1, -0.05) is 23.2 Å². The van der Waals surface area contributed by atoms with Gasteiger partial charge in [0.15, 0.2) is 5.78 Å². The van der Waals surface area contributed by atoms with Crippen molar-refractivity contribution < 1.29 is 14.3 Å². The van der Waals surface area contributed by atoms with Crippen LogP contribution in [0.2, 0.25) is 10.0 Å². The number of carbonyl (C=O) groups excluding carboxylic acids is 2. The average molecular weight is 288 g/mol. The lowest BCUT2D eigenvalue weighted by Gasteiger charge is -2.28. The number of carbonyl (C=O) groups is 2. The van der Waals surface area contributed by atoms with Crippen molar-refractivity contribution in [3.63, 3.8) is 0 Å². The number of hydrogen-bond acceptors (Lipinski definition) is 3. The summed E-state index contributed by atoms with van der Waals surface area (Å²) in [6.07, 6.45) is 0. The molecule has 96 valence electrons. The van der Waals surface area contributed by atoms with Crippen LogP contribution in [0.1, 0.15) is 17.3 Å². The van der Waals surface area contributed by atoms with Crippen molar-refractivity contribution in [3.05, 3.63) is 27.7 Å². The van der Waals surface area contributed by atoms with E-state index in [1.807, 2.05) is 0 Å².